The highest BCUT2D eigenvalue weighted by atomic mass is 79.9. The second-order valence-electron chi connectivity index (χ2n) is 4.44. The van der Waals surface area contributed by atoms with Gasteiger partial charge in [0, 0.05) is 18.0 Å². The van der Waals surface area contributed by atoms with E-state index in [-0.39, 0.29) is 0 Å². The van der Waals surface area contributed by atoms with E-state index in [0.29, 0.717) is 0 Å². The molecule has 0 bridgehead atoms. The van der Waals surface area contributed by atoms with Crippen molar-refractivity contribution in [1.29, 1.82) is 0 Å². The van der Waals surface area contributed by atoms with Gasteiger partial charge >= 0.3 is 0 Å². The van der Waals surface area contributed by atoms with Crippen molar-refractivity contribution >= 4 is 21.4 Å². The standard InChI is InChI=1S/C15H14BrN3O/c1-3-10-8-11(4-5-13(10)20-2)15-18-14(16)12-9-17-6-7-19(12)15/h4-9H,3H2,1-2H3. The first kappa shape index (κ1) is 13.1. The Morgan fingerprint density at radius 1 is 1.35 bits per heavy atom. The van der Waals surface area contributed by atoms with Crippen molar-refractivity contribution in [1.82, 2.24) is 14.4 Å². The number of benzene rings is 1. The van der Waals surface area contributed by atoms with Crippen LogP contribution in [0.1, 0.15) is 12.5 Å². The molecule has 0 aliphatic heterocycles. The van der Waals surface area contributed by atoms with Crippen LogP contribution in [0.4, 0.5) is 0 Å². The molecule has 0 saturated heterocycles. The molecule has 0 radical (unpaired) electrons. The van der Waals surface area contributed by atoms with Crippen LogP contribution in [0.15, 0.2) is 41.4 Å². The second-order valence-corrected chi connectivity index (χ2v) is 5.19. The molecule has 0 unspecified atom stereocenters. The maximum Gasteiger partial charge on any atom is 0.146 e. The number of imidazole rings is 1. The third-order valence-electron chi connectivity index (χ3n) is 3.32. The zero-order valence-electron chi connectivity index (χ0n) is 11.3. The third kappa shape index (κ3) is 2.08. The Morgan fingerprint density at radius 2 is 2.20 bits per heavy atom. The van der Waals surface area contributed by atoms with Gasteiger partial charge in [0.2, 0.25) is 0 Å². The monoisotopic (exact) mass is 331 g/mol. The summed E-state index contributed by atoms with van der Waals surface area (Å²) in [7, 11) is 1.70. The number of ether oxygens (including phenoxy) is 1. The summed E-state index contributed by atoms with van der Waals surface area (Å²) in [5.41, 5.74) is 3.19. The van der Waals surface area contributed by atoms with Gasteiger partial charge in [0.25, 0.3) is 0 Å². The van der Waals surface area contributed by atoms with Crippen LogP contribution in [0.3, 0.4) is 0 Å². The second kappa shape index (κ2) is 5.25. The Labute approximate surface area is 125 Å². The number of aromatic nitrogens is 3. The highest BCUT2D eigenvalue weighted by Crippen LogP contribution is 2.29. The highest BCUT2D eigenvalue weighted by molar-refractivity contribution is 9.10. The number of aryl methyl sites for hydroxylation is 1. The van der Waals surface area contributed by atoms with Crippen LogP contribution in [-0.2, 0) is 6.42 Å². The predicted molar refractivity (Wildman–Crippen MR) is 82.1 cm³/mol. The van der Waals surface area contributed by atoms with E-state index in [4.69, 9.17) is 4.74 Å². The van der Waals surface area contributed by atoms with Gasteiger partial charge in [0.05, 0.1) is 18.8 Å². The Balaban J connectivity index is 2.21. The molecule has 2 heterocycles. The Bertz CT molecular complexity index is 767. The summed E-state index contributed by atoms with van der Waals surface area (Å²) in [6.45, 7) is 2.12. The van der Waals surface area contributed by atoms with Gasteiger partial charge < -0.3 is 4.74 Å². The quantitative estimate of drug-likeness (QED) is 0.734. The molecule has 0 N–H and O–H groups in total. The molecule has 2 aromatic heterocycles. The Kier molecular flexibility index (Phi) is 3.44. The average Bonchev–Trinajstić information content (AvgIpc) is 2.84. The molecule has 5 heteroatoms. The normalized spacial score (nSPS) is 10.9. The number of nitrogens with zero attached hydrogens (tertiary/aromatic N) is 3. The summed E-state index contributed by atoms with van der Waals surface area (Å²) in [5, 5.41) is 0. The maximum atomic E-state index is 5.37. The van der Waals surface area contributed by atoms with Crippen molar-refractivity contribution in [3.8, 4) is 17.1 Å². The lowest BCUT2D eigenvalue weighted by Crippen LogP contribution is -1.94. The first-order valence-electron chi connectivity index (χ1n) is 6.39. The van der Waals surface area contributed by atoms with E-state index in [0.717, 1.165) is 33.7 Å². The molecule has 0 amide bonds. The van der Waals surface area contributed by atoms with Crippen LogP contribution in [0, 0.1) is 0 Å². The van der Waals surface area contributed by atoms with Crippen LogP contribution in [0.25, 0.3) is 16.9 Å². The lowest BCUT2D eigenvalue weighted by molar-refractivity contribution is 0.410. The summed E-state index contributed by atoms with van der Waals surface area (Å²) in [4.78, 5) is 8.72. The minimum atomic E-state index is 0.800. The molecule has 0 spiro atoms. The fraction of sp³-hybridized carbons (Fsp3) is 0.200. The Hall–Kier alpha value is -1.88. The molecule has 1 aromatic carbocycles. The average molecular weight is 332 g/mol. The molecule has 0 atom stereocenters. The topological polar surface area (TPSA) is 39.4 Å². The molecule has 0 fully saturated rings. The number of rotatable bonds is 3. The molecule has 0 aliphatic rings. The minimum absolute atomic E-state index is 0.800. The fourth-order valence-electron chi connectivity index (χ4n) is 2.30. The number of fused-ring (bicyclic) bond motifs is 1. The molecule has 0 aliphatic carbocycles. The van der Waals surface area contributed by atoms with Crippen molar-refractivity contribution in [2.75, 3.05) is 7.11 Å². The Morgan fingerprint density at radius 3 is 2.95 bits per heavy atom. The van der Waals surface area contributed by atoms with Gasteiger partial charge in [-0.1, -0.05) is 6.92 Å². The molecular weight excluding hydrogens is 318 g/mol. The summed E-state index contributed by atoms with van der Waals surface area (Å²) in [6.07, 6.45) is 6.39. The lowest BCUT2D eigenvalue weighted by Gasteiger charge is -2.08. The molecule has 3 aromatic rings. The number of methoxy groups -OCH3 is 1. The highest BCUT2D eigenvalue weighted by Gasteiger charge is 2.12. The molecule has 3 rings (SSSR count). The van der Waals surface area contributed by atoms with Gasteiger partial charge in [0.15, 0.2) is 0 Å². The summed E-state index contributed by atoms with van der Waals surface area (Å²) >= 11 is 3.48. The van der Waals surface area contributed by atoms with Crippen molar-refractivity contribution in [3.63, 3.8) is 0 Å². The van der Waals surface area contributed by atoms with E-state index in [9.17, 15) is 0 Å². The molecule has 4 nitrogen and oxygen atoms in total. The van der Waals surface area contributed by atoms with Crippen LogP contribution >= 0.6 is 15.9 Å². The van der Waals surface area contributed by atoms with Crippen LogP contribution in [0.5, 0.6) is 5.75 Å². The molecular formula is C15H14BrN3O. The first-order valence-corrected chi connectivity index (χ1v) is 7.18. The molecule has 102 valence electrons. The van der Waals surface area contributed by atoms with Gasteiger partial charge in [-0.05, 0) is 46.1 Å². The van der Waals surface area contributed by atoms with Gasteiger partial charge in [-0.2, -0.15) is 0 Å². The van der Waals surface area contributed by atoms with E-state index in [1.807, 2.05) is 22.7 Å². The SMILES string of the molecule is CCc1cc(-c2nc(Br)c3cnccn23)ccc1OC. The van der Waals surface area contributed by atoms with Crippen LogP contribution in [0.2, 0.25) is 0 Å². The van der Waals surface area contributed by atoms with E-state index in [2.05, 4.69) is 38.9 Å². The van der Waals surface area contributed by atoms with Crippen molar-refractivity contribution < 1.29 is 4.74 Å². The van der Waals surface area contributed by atoms with Crippen molar-refractivity contribution in [3.05, 3.63) is 47.0 Å². The zero-order valence-corrected chi connectivity index (χ0v) is 12.9. The summed E-state index contributed by atoms with van der Waals surface area (Å²) < 4.78 is 8.20. The molecule has 0 saturated carbocycles. The van der Waals surface area contributed by atoms with E-state index >= 15 is 0 Å². The van der Waals surface area contributed by atoms with Crippen molar-refractivity contribution in [2.24, 2.45) is 0 Å². The summed E-state index contributed by atoms with van der Waals surface area (Å²) in [5.74, 6) is 1.81. The van der Waals surface area contributed by atoms with Gasteiger partial charge in [-0.15, -0.1) is 0 Å². The maximum absolute atomic E-state index is 5.37. The predicted octanol–water partition coefficient (Wildman–Crippen LogP) is 3.73. The fourth-order valence-corrected chi connectivity index (χ4v) is 2.76. The summed E-state index contributed by atoms with van der Waals surface area (Å²) in [6, 6.07) is 6.14. The van der Waals surface area contributed by atoms with Crippen LogP contribution in [-0.4, -0.2) is 21.5 Å². The van der Waals surface area contributed by atoms with Gasteiger partial charge in [-0.25, -0.2) is 4.98 Å². The van der Waals surface area contributed by atoms with Gasteiger partial charge in [0.1, 0.15) is 16.2 Å². The van der Waals surface area contributed by atoms with Gasteiger partial charge in [-0.3, -0.25) is 9.38 Å². The lowest BCUT2D eigenvalue weighted by atomic mass is 10.1. The third-order valence-corrected chi connectivity index (χ3v) is 3.90. The van der Waals surface area contributed by atoms with Crippen molar-refractivity contribution in [2.45, 2.75) is 13.3 Å². The molecule has 20 heavy (non-hydrogen) atoms. The smallest absolute Gasteiger partial charge is 0.146 e. The number of halogens is 1. The van der Waals surface area contributed by atoms with E-state index in [1.54, 1.807) is 19.5 Å². The zero-order chi connectivity index (χ0) is 14.1. The van der Waals surface area contributed by atoms with Crippen LogP contribution < -0.4 is 4.74 Å². The largest absolute Gasteiger partial charge is 0.496 e. The first-order chi connectivity index (χ1) is 9.74. The number of hydrogen-bond donors (Lipinski definition) is 0. The van der Waals surface area contributed by atoms with E-state index < -0.39 is 0 Å². The minimum Gasteiger partial charge on any atom is -0.496 e. The number of hydrogen-bond acceptors (Lipinski definition) is 3. The van der Waals surface area contributed by atoms with E-state index in [1.165, 1.54) is 5.56 Å².